The second kappa shape index (κ2) is 20.9. The van der Waals surface area contributed by atoms with Crippen molar-refractivity contribution in [3.63, 3.8) is 0 Å². The van der Waals surface area contributed by atoms with Gasteiger partial charge in [-0.3, -0.25) is 0 Å². The van der Waals surface area contributed by atoms with Gasteiger partial charge in [-0.1, -0.05) is 109 Å². The monoisotopic (exact) mass is 344 g/mol. The second-order valence-corrected chi connectivity index (χ2v) is 7.07. The van der Waals surface area contributed by atoms with Crippen LogP contribution in [0.4, 0.5) is 0 Å². The summed E-state index contributed by atoms with van der Waals surface area (Å²) in [6.45, 7) is 7.25. The highest BCUT2D eigenvalue weighted by atomic mass is 17.5. The van der Waals surface area contributed by atoms with Gasteiger partial charge in [0.15, 0.2) is 0 Å². The van der Waals surface area contributed by atoms with Crippen LogP contribution in [0, 0.1) is 0 Å². The molecule has 0 aliphatic carbocycles. The molecule has 0 radical (unpaired) electrons. The Hall–Kier alpha value is -0.120. The third kappa shape index (κ3) is 18.2. The molecule has 0 bridgehead atoms. The van der Waals surface area contributed by atoms with E-state index >= 15 is 0 Å². The van der Waals surface area contributed by atoms with Crippen LogP contribution in [0.25, 0.3) is 0 Å². The van der Waals surface area contributed by atoms with Crippen molar-refractivity contribution in [2.45, 2.75) is 130 Å². The summed E-state index contributed by atoms with van der Waals surface area (Å²) < 4.78 is 0. The van der Waals surface area contributed by atoms with Crippen LogP contribution in [-0.2, 0) is 14.8 Å². The molecule has 0 amide bonds. The largest absolute Gasteiger partial charge is 0.206 e. The molecule has 0 spiro atoms. The highest BCUT2D eigenvalue weighted by Gasteiger charge is 2.10. The van der Waals surface area contributed by atoms with Gasteiger partial charge in [0, 0.05) is 0 Å². The van der Waals surface area contributed by atoms with Gasteiger partial charge in [-0.05, 0) is 19.3 Å². The molecule has 3 heteroatoms. The molecule has 0 saturated carbocycles. The maximum Gasteiger partial charge on any atom is 0.0961 e. The van der Waals surface area contributed by atoms with Crippen LogP contribution in [0.15, 0.2) is 0 Å². The smallest absolute Gasteiger partial charge is 0.0961 e. The molecule has 0 aromatic carbocycles. The molecule has 146 valence electrons. The lowest BCUT2D eigenvalue weighted by Gasteiger charge is -2.15. The first-order valence-corrected chi connectivity index (χ1v) is 10.8. The first kappa shape index (κ1) is 23.9. The van der Waals surface area contributed by atoms with Crippen molar-refractivity contribution < 1.29 is 14.8 Å². The Morgan fingerprint density at radius 1 is 0.542 bits per heavy atom. The minimum atomic E-state index is 0.195. The van der Waals surface area contributed by atoms with Gasteiger partial charge in [-0.15, -0.1) is 0 Å². The van der Waals surface area contributed by atoms with Crippen molar-refractivity contribution >= 4 is 0 Å². The molecular weight excluding hydrogens is 300 g/mol. The molecule has 0 aliphatic rings. The van der Waals surface area contributed by atoms with E-state index in [2.05, 4.69) is 20.8 Å². The zero-order chi connectivity index (χ0) is 17.7. The fourth-order valence-electron chi connectivity index (χ4n) is 2.85. The van der Waals surface area contributed by atoms with Crippen LogP contribution in [0.2, 0.25) is 0 Å². The van der Waals surface area contributed by atoms with E-state index in [9.17, 15) is 0 Å². The van der Waals surface area contributed by atoms with Gasteiger partial charge in [0.25, 0.3) is 0 Å². The first-order valence-electron chi connectivity index (χ1n) is 10.8. The molecule has 0 heterocycles. The second-order valence-electron chi connectivity index (χ2n) is 7.07. The van der Waals surface area contributed by atoms with Crippen molar-refractivity contribution in [1.29, 1.82) is 0 Å². The fourth-order valence-corrected chi connectivity index (χ4v) is 2.85. The van der Waals surface area contributed by atoms with Gasteiger partial charge in [0.1, 0.15) is 0 Å². The lowest BCUT2D eigenvalue weighted by molar-refractivity contribution is -0.527. The predicted molar refractivity (Wildman–Crippen MR) is 103 cm³/mol. The molecule has 3 nitrogen and oxygen atoms in total. The summed E-state index contributed by atoms with van der Waals surface area (Å²) in [6.07, 6.45) is 20.6. The topological polar surface area (TPSA) is 27.7 Å². The molecular formula is C21H44O3. The van der Waals surface area contributed by atoms with E-state index in [0.717, 1.165) is 25.7 Å². The molecule has 0 aromatic rings. The zero-order valence-corrected chi connectivity index (χ0v) is 16.8. The Balaban J connectivity index is 3.49. The van der Waals surface area contributed by atoms with Gasteiger partial charge in [0.2, 0.25) is 0 Å². The summed E-state index contributed by atoms with van der Waals surface area (Å²) in [5, 5.41) is 4.94. The SMILES string of the molecule is CCCCCCCCCCCCC(CCCC)OOOCCCC. The Kier molecular flexibility index (Phi) is 20.8. The predicted octanol–water partition coefficient (Wildman–Crippen LogP) is 7.54. The molecule has 0 aromatic heterocycles. The molecule has 0 fully saturated rings. The van der Waals surface area contributed by atoms with E-state index < -0.39 is 0 Å². The van der Waals surface area contributed by atoms with E-state index in [-0.39, 0.29) is 6.10 Å². The lowest BCUT2D eigenvalue weighted by Crippen LogP contribution is -2.14. The van der Waals surface area contributed by atoms with Crippen molar-refractivity contribution in [3.05, 3.63) is 0 Å². The first-order chi connectivity index (χ1) is 11.8. The normalized spacial score (nSPS) is 12.6. The molecule has 1 unspecified atom stereocenters. The van der Waals surface area contributed by atoms with Crippen molar-refractivity contribution in [2.75, 3.05) is 6.61 Å². The Labute approximate surface area is 151 Å². The van der Waals surface area contributed by atoms with Crippen LogP contribution in [0.1, 0.15) is 124 Å². The van der Waals surface area contributed by atoms with Gasteiger partial charge in [0.05, 0.1) is 12.7 Å². The van der Waals surface area contributed by atoms with Gasteiger partial charge < -0.3 is 0 Å². The summed E-state index contributed by atoms with van der Waals surface area (Å²) in [5.74, 6) is 0. The number of hydrogen-bond donors (Lipinski definition) is 0. The van der Waals surface area contributed by atoms with Gasteiger partial charge in [-0.25, -0.2) is 9.78 Å². The maximum absolute atomic E-state index is 5.45. The average Bonchev–Trinajstić information content (AvgIpc) is 2.60. The van der Waals surface area contributed by atoms with Crippen molar-refractivity contribution in [1.82, 2.24) is 0 Å². The molecule has 0 aliphatic heterocycles. The van der Waals surface area contributed by atoms with Crippen LogP contribution in [-0.4, -0.2) is 12.7 Å². The minimum Gasteiger partial charge on any atom is -0.206 e. The summed E-state index contributed by atoms with van der Waals surface area (Å²) in [4.78, 5) is 10.5. The molecule has 0 N–H and O–H groups in total. The van der Waals surface area contributed by atoms with E-state index in [1.807, 2.05) is 0 Å². The van der Waals surface area contributed by atoms with Gasteiger partial charge >= 0.3 is 0 Å². The third-order valence-electron chi connectivity index (χ3n) is 4.56. The summed E-state index contributed by atoms with van der Waals surface area (Å²) in [6, 6.07) is 0. The number of rotatable bonds is 20. The van der Waals surface area contributed by atoms with Crippen LogP contribution in [0.5, 0.6) is 0 Å². The Morgan fingerprint density at radius 3 is 1.62 bits per heavy atom. The van der Waals surface area contributed by atoms with Crippen LogP contribution < -0.4 is 0 Å². The molecule has 0 saturated heterocycles. The average molecular weight is 345 g/mol. The highest BCUT2D eigenvalue weighted by molar-refractivity contribution is 4.57. The Bertz CT molecular complexity index is 221. The highest BCUT2D eigenvalue weighted by Crippen LogP contribution is 2.16. The fraction of sp³-hybridized carbons (Fsp3) is 1.00. The van der Waals surface area contributed by atoms with Crippen molar-refractivity contribution in [2.24, 2.45) is 0 Å². The van der Waals surface area contributed by atoms with E-state index in [1.54, 1.807) is 0 Å². The third-order valence-corrected chi connectivity index (χ3v) is 4.56. The van der Waals surface area contributed by atoms with Crippen LogP contribution in [0.3, 0.4) is 0 Å². The van der Waals surface area contributed by atoms with Crippen molar-refractivity contribution in [3.8, 4) is 0 Å². The Morgan fingerprint density at radius 2 is 1.04 bits per heavy atom. The number of unbranched alkanes of at least 4 members (excludes halogenated alkanes) is 11. The van der Waals surface area contributed by atoms with Crippen LogP contribution >= 0.6 is 0 Å². The van der Waals surface area contributed by atoms with E-state index in [0.29, 0.717) is 6.61 Å². The van der Waals surface area contributed by atoms with Gasteiger partial charge in [-0.2, -0.15) is 0 Å². The zero-order valence-electron chi connectivity index (χ0n) is 16.8. The maximum atomic E-state index is 5.45. The quantitative estimate of drug-likeness (QED) is 0.130. The summed E-state index contributed by atoms with van der Waals surface area (Å²) in [5.41, 5.74) is 0. The summed E-state index contributed by atoms with van der Waals surface area (Å²) in [7, 11) is 0. The number of hydrogen-bond acceptors (Lipinski definition) is 3. The van der Waals surface area contributed by atoms with E-state index in [4.69, 9.17) is 14.8 Å². The molecule has 24 heavy (non-hydrogen) atoms. The minimum absolute atomic E-state index is 0.195. The summed E-state index contributed by atoms with van der Waals surface area (Å²) >= 11 is 0. The molecule has 1 atom stereocenters. The standard InChI is InChI=1S/C21H44O3/c1-4-7-10-11-12-13-14-15-16-17-19-21(18-8-5-2)23-24-22-20-9-6-3/h21H,4-20H2,1-3H3. The molecule has 0 rings (SSSR count). The van der Waals surface area contributed by atoms with E-state index in [1.165, 1.54) is 77.0 Å². The lowest BCUT2D eigenvalue weighted by atomic mass is 10.0.